The van der Waals surface area contributed by atoms with Crippen LogP contribution >= 0.6 is 0 Å². The predicted octanol–water partition coefficient (Wildman–Crippen LogP) is 15.5. The second-order valence-corrected chi connectivity index (χ2v) is 20.4. The lowest BCUT2D eigenvalue weighted by molar-refractivity contribution is 0.0724. The first-order chi connectivity index (χ1) is 36.2. The first-order valence-corrected chi connectivity index (χ1v) is 25.8. The summed E-state index contributed by atoms with van der Waals surface area (Å²) in [6.07, 6.45) is 8.48. The Hall–Kier alpha value is -8.30. The maximum atomic E-state index is 13.7. The van der Waals surface area contributed by atoms with E-state index in [1.54, 1.807) is 79.9 Å². The van der Waals surface area contributed by atoms with Crippen molar-refractivity contribution < 1.29 is 42.9 Å². The summed E-state index contributed by atoms with van der Waals surface area (Å²) in [4.78, 5) is 52.2. The van der Waals surface area contributed by atoms with Crippen LogP contribution < -0.4 is 23.7 Å². The highest BCUT2D eigenvalue weighted by Crippen LogP contribution is 2.49. The van der Waals surface area contributed by atoms with Crippen molar-refractivity contribution in [2.45, 2.75) is 96.8 Å². The highest BCUT2D eigenvalue weighted by molar-refractivity contribution is 6.00. The van der Waals surface area contributed by atoms with Crippen LogP contribution in [0.4, 0.5) is 0 Å². The van der Waals surface area contributed by atoms with Crippen LogP contribution in [0.3, 0.4) is 0 Å². The van der Waals surface area contributed by atoms with E-state index < -0.39 is 17.9 Å². The highest BCUT2D eigenvalue weighted by atomic mass is 16.5. The molecule has 0 heterocycles. The minimum atomic E-state index is -0.477. The van der Waals surface area contributed by atoms with E-state index in [9.17, 15) is 19.2 Å². The fourth-order valence-electron chi connectivity index (χ4n) is 11.3. The normalized spacial score (nSPS) is 14.5. The van der Waals surface area contributed by atoms with Gasteiger partial charge in [0.2, 0.25) is 0 Å². The Bertz CT molecular complexity index is 3500. The molecule has 75 heavy (non-hydrogen) atoms. The molecule has 2 aliphatic carbocycles. The van der Waals surface area contributed by atoms with Crippen molar-refractivity contribution in [1.29, 1.82) is 0 Å². The van der Waals surface area contributed by atoms with Crippen LogP contribution in [0.2, 0.25) is 0 Å². The number of ether oxygens (including phenoxy) is 5. The van der Waals surface area contributed by atoms with Gasteiger partial charge in [0.25, 0.3) is 0 Å². The van der Waals surface area contributed by atoms with Crippen LogP contribution in [0.15, 0.2) is 158 Å². The Labute approximate surface area is 438 Å². The molecule has 0 saturated heterocycles. The molecule has 0 aliphatic heterocycles. The van der Waals surface area contributed by atoms with Gasteiger partial charge in [-0.2, -0.15) is 0 Å². The zero-order valence-corrected chi connectivity index (χ0v) is 43.3. The molecule has 9 heteroatoms. The van der Waals surface area contributed by atoms with Gasteiger partial charge in [-0.1, -0.05) is 86.3 Å². The van der Waals surface area contributed by atoms with Crippen molar-refractivity contribution in [2.24, 2.45) is 0 Å². The van der Waals surface area contributed by atoms with Crippen molar-refractivity contribution in [3.05, 3.63) is 224 Å². The Morgan fingerprint density at radius 3 is 1.03 bits per heavy atom. The molecule has 8 aromatic carbocycles. The van der Waals surface area contributed by atoms with Crippen molar-refractivity contribution in [3.8, 4) is 34.5 Å². The van der Waals surface area contributed by atoms with Gasteiger partial charge in [0, 0.05) is 16.4 Å². The summed E-state index contributed by atoms with van der Waals surface area (Å²) in [5, 5.41) is 1.58. The van der Waals surface area contributed by atoms with Crippen molar-refractivity contribution in [1.82, 2.24) is 0 Å². The molecule has 0 aromatic heterocycles. The van der Waals surface area contributed by atoms with Gasteiger partial charge >= 0.3 is 17.9 Å². The lowest BCUT2D eigenvalue weighted by Gasteiger charge is -2.31. The van der Waals surface area contributed by atoms with E-state index in [-0.39, 0.29) is 16.6 Å². The molecule has 2 aliphatic rings. The molecular formula is C66H60O9. The van der Waals surface area contributed by atoms with Gasteiger partial charge in [-0.3, -0.25) is 4.79 Å². The van der Waals surface area contributed by atoms with Gasteiger partial charge in [-0.25, -0.2) is 14.4 Å². The second-order valence-electron chi connectivity index (χ2n) is 20.4. The summed E-state index contributed by atoms with van der Waals surface area (Å²) in [6, 6.07) is 49.1. The maximum absolute atomic E-state index is 13.7. The van der Waals surface area contributed by atoms with Gasteiger partial charge in [0.05, 0.1) is 23.8 Å². The van der Waals surface area contributed by atoms with Crippen LogP contribution in [-0.4, -0.2) is 30.8 Å². The molecule has 2 fully saturated rings. The first-order valence-electron chi connectivity index (χ1n) is 25.8. The summed E-state index contributed by atoms with van der Waals surface area (Å²) in [5.74, 6) is 2.09. The maximum Gasteiger partial charge on any atom is 0.343 e. The molecule has 0 amide bonds. The van der Waals surface area contributed by atoms with E-state index in [1.807, 2.05) is 51.1 Å². The van der Waals surface area contributed by atoms with Crippen LogP contribution in [0, 0.1) is 27.7 Å². The van der Waals surface area contributed by atoms with Gasteiger partial charge in [0.15, 0.2) is 5.78 Å². The number of benzene rings is 8. The molecule has 378 valence electrons. The third-order valence-electron chi connectivity index (χ3n) is 15.6. The summed E-state index contributed by atoms with van der Waals surface area (Å²) >= 11 is 0. The number of aryl methyl sites for hydroxylation is 4. The van der Waals surface area contributed by atoms with Crippen LogP contribution in [0.5, 0.6) is 34.5 Å². The number of Topliss-reactive ketones (excluding diaryl/α,β-unsaturated/α-hetero) is 1. The van der Waals surface area contributed by atoms with E-state index in [2.05, 4.69) is 61.5 Å². The van der Waals surface area contributed by atoms with E-state index in [4.69, 9.17) is 23.7 Å². The van der Waals surface area contributed by atoms with Gasteiger partial charge < -0.3 is 23.7 Å². The molecule has 0 bridgehead atoms. The SMILES string of the molecule is COc1ccc(C2(c3ccc(OC(=O)c4ccc5cc(C(=O)Oc6ccc(C7(c8ccc(OC(=O)c9ccc(Oc%10ccc(C(C)=O)cc%10)cc9)c(C)c8)CCCC7)cc6C)ccc5c4)c(C)c3)CCCC2)cc1C. The zero-order valence-electron chi connectivity index (χ0n) is 43.3. The van der Waals surface area contributed by atoms with Crippen molar-refractivity contribution in [3.63, 3.8) is 0 Å². The van der Waals surface area contributed by atoms with Crippen molar-refractivity contribution >= 4 is 34.5 Å². The Morgan fingerprint density at radius 2 is 0.693 bits per heavy atom. The van der Waals surface area contributed by atoms with E-state index in [0.717, 1.165) is 101 Å². The molecule has 2 saturated carbocycles. The van der Waals surface area contributed by atoms with Crippen LogP contribution in [0.1, 0.15) is 144 Å². The fraction of sp³-hybridized carbons (Fsp3) is 0.242. The lowest BCUT2D eigenvalue weighted by atomic mass is 9.72. The Kier molecular flexibility index (Phi) is 14.0. The number of carbonyl (C=O) groups excluding carboxylic acids is 4. The van der Waals surface area contributed by atoms with Gasteiger partial charge in [-0.05, 0) is 213 Å². The molecule has 10 rings (SSSR count). The molecule has 0 atom stereocenters. The summed E-state index contributed by atoms with van der Waals surface area (Å²) in [5.41, 5.74) is 9.95. The number of methoxy groups -OCH3 is 1. The minimum absolute atomic E-state index is 0.0172. The van der Waals surface area contributed by atoms with E-state index in [0.29, 0.717) is 51.0 Å². The summed E-state index contributed by atoms with van der Waals surface area (Å²) in [7, 11) is 1.70. The molecular weight excluding hydrogens is 937 g/mol. The average molecular weight is 997 g/mol. The number of esters is 3. The third-order valence-corrected chi connectivity index (χ3v) is 15.6. The largest absolute Gasteiger partial charge is 0.496 e. The monoisotopic (exact) mass is 996 g/mol. The van der Waals surface area contributed by atoms with Crippen molar-refractivity contribution in [2.75, 3.05) is 7.11 Å². The molecule has 0 spiro atoms. The Balaban J connectivity index is 0.779. The number of fused-ring (bicyclic) bond motifs is 1. The smallest absolute Gasteiger partial charge is 0.343 e. The number of ketones is 1. The van der Waals surface area contributed by atoms with Crippen LogP contribution in [0.25, 0.3) is 10.8 Å². The standard InChI is InChI=1S/C66H60O9/c1-41-35-52(19-27-58(41)71-6)65(31-7-8-32-65)53-21-29-60(43(3)37-53)74-63(69)50-13-11-49-40-51(14-12-48(49)39-50)64(70)75-61-30-22-55(38-44(61)4)66(33-9-10-34-66)54-20-28-59(42(2)36-54)73-62(68)47-17-25-57(26-18-47)72-56-23-15-46(16-24-56)45(5)67/h11-30,35-40H,7-10,31-34H2,1-6H3. The van der Waals surface area contributed by atoms with E-state index >= 15 is 0 Å². The second kappa shape index (κ2) is 20.9. The van der Waals surface area contributed by atoms with Gasteiger partial charge in [0.1, 0.15) is 34.5 Å². The number of hydrogen-bond donors (Lipinski definition) is 0. The topological polar surface area (TPSA) is 114 Å². The highest BCUT2D eigenvalue weighted by Gasteiger charge is 2.39. The number of carbonyl (C=O) groups is 4. The first kappa shape index (κ1) is 50.2. The van der Waals surface area contributed by atoms with E-state index in [1.165, 1.54) is 18.1 Å². The van der Waals surface area contributed by atoms with Gasteiger partial charge in [-0.15, -0.1) is 0 Å². The quantitative estimate of drug-likeness (QED) is 0.0597. The summed E-state index contributed by atoms with van der Waals surface area (Å²) < 4.78 is 29.4. The minimum Gasteiger partial charge on any atom is -0.496 e. The lowest BCUT2D eigenvalue weighted by Crippen LogP contribution is -2.24. The Morgan fingerprint density at radius 1 is 0.373 bits per heavy atom. The number of hydrogen-bond acceptors (Lipinski definition) is 9. The predicted molar refractivity (Wildman–Crippen MR) is 292 cm³/mol. The molecule has 0 radical (unpaired) electrons. The van der Waals surface area contributed by atoms with Crippen LogP contribution in [-0.2, 0) is 10.8 Å². The molecule has 9 nitrogen and oxygen atoms in total. The third kappa shape index (κ3) is 10.2. The molecule has 0 N–H and O–H groups in total. The fourth-order valence-corrected chi connectivity index (χ4v) is 11.3. The number of rotatable bonds is 14. The average Bonchev–Trinajstić information content (AvgIpc) is 4.14. The zero-order chi connectivity index (χ0) is 52.4. The molecule has 0 unspecified atom stereocenters. The summed E-state index contributed by atoms with van der Waals surface area (Å²) in [6.45, 7) is 9.50. The molecule has 8 aromatic rings.